The van der Waals surface area contributed by atoms with E-state index in [9.17, 15) is 0 Å². The Morgan fingerprint density at radius 3 is 1.67 bits per heavy atom. The summed E-state index contributed by atoms with van der Waals surface area (Å²) in [7, 11) is 0.835. The zero-order valence-corrected chi connectivity index (χ0v) is 13.2. The van der Waals surface area contributed by atoms with E-state index in [0.29, 0.717) is 5.79 Å². The van der Waals surface area contributed by atoms with E-state index in [1.807, 2.05) is 0 Å². The van der Waals surface area contributed by atoms with Crippen molar-refractivity contribution < 1.29 is 0 Å². The van der Waals surface area contributed by atoms with Crippen LogP contribution in [0, 0.1) is 0 Å². The van der Waals surface area contributed by atoms with Crippen LogP contribution in [0.25, 0.3) is 0 Å². The fourth-order valence-electron chi connectivity index (χ4n) is 2.24. The van der Waals surface area contributed by atoms with Gasteiger partial charge in [0.05, 0.1) is 5.79 Å². The first-order valence-electron chi connectivity index (χ1n) is 7.06. The summed E-state index contributed by atoms with van der Waals surface area (Å²) in [5.41, 5.74) is 0. The molecule has 0 bridgehead atoms. The minimum Gasteiger partial charge on any atom is -0.291 e. The van der Waals surface area contributed by atoms with Crippen molar-refractivity contribution in [3.05, 3.63) is 30.3 Å². The highest BCUT2D eigenvalue weighted by Gasteiger charge is 2.22. The number of benzene rings is 1. The van der Waals surface area contributed by atoms with Crippen molar-refractivity contribution in [3.63, 3.8) is 0 Å². The summed E-state index contributed by atoms with van der Waals surface area (Å²) >= 11 is 0. The third-order valence-corrected chi connectivity index (χ3v) is 5.04. The average molecular weight is 262 g/mol. The third kappa shape index (κ3) is 4.23. The lowest BCUT2D eigenvalue weighted by Crippen LogP contribution is -2.54. The van der Waals surface area contributed by atoms with Crippen molar-refractivity contribution in [2.24, 2.45) is 0 Å². The van der Waals surface area contributed by atoms with Crippen LogP contribution >= 0.6 is 0 Å². The lowest BCUT2D eigenvalue weighted by Gasteiger charge is -2.37. The monoisotopic (exact) mass is 262 g/mol. The standard InChI is InChI=1S/C15H26N2Si/c1-5-16(6-2)15(17(7-3)8-4)18-14-12-10-9-11-13-14/h9-13,15H,5-8H2,1-4H3. The van der Waals surface area contributed by atoms with Gasteiger partial charge in [-0.05, 0) is 26.2 Å². The van der Waals surface area contributed by atoms with E-state index in [1.165, 1.54) is 5.19 Å². The van der Waals surface area contributed by atoms with Gasteiger partial charge in [0.15, 0.2) is 0 Å². The SMILES string of the molecule is CCN(CC)C([Si]c1ccccc1)N(CC)CC. The van der Waals surface area contributed by atoms with E-state index in [0.717, 1.165) is 35.7 Å². The van der Waals surface area contributed by atoms with Gasteiger partial charge in [0.1, 0.15) is 9.52 Å². The van der Waals surface area contributed by atoms with E-state index in [4.69, 9.17) is 0 Å². The van der Waals surface area contributed by atoms with Crippen LogP contribution in [0.4, 0.5) is 0 Å². The Kier molecular flexibility index (Phi) is 7.24. The molecule has 0 aromatic heterocycles. The predicted molar refractivity (Wildman–Crippen MR) is 81.5 cm³/mol. The van der Waals surface area contributed by atoms with Gasteiger partial charge in [-0.1, -0.05) is 63.2 Å². The van der Waals surface area contributed by atoms with Crippen LogP contribution in [-0.2, 0) is 0 Å². The molecule has 0 amide bonds. The Labute approximate surface area is 115 Å². The first kappa shape index (κ1) is 15.4. The van der Waals surface area contributed by atoms with Crippen LogP contribution in [0.15, 0.2) is 30.3 Å². The molecule has 1 aromatic carbocycles. The zero-order chi connectivity index (χ0) is 13.4. The molecule has 0 saturated heterocycles. The van der Waals surface area contributed by atoms with Crippen molar-refractivity contribution >= 4 is 14.7 Å². The molecular weight excluding hydrogens is 236 g/mol. The van der Waals surface area contributed by atoms with Crippen LogP contribution in [0.1, 0.15) is 27.7 Å². The van der Waals surface area contributed by atoms with Crippen molar-refractivity contribution in [1.29, 1.82) is 0 Å². The Hall–Kier alpha value is -0.643. The number of hydrogen-bond acceptors (Lipinski definition) is 2. The highest BCUT2D eigenvalue weighted by Crippen LogP contribution is 2.05. The third-order valence-electron chi connectivity index (χ3n) is 3.39. The molecule has 1 aromatic rings. The van der Waals surface area contributed by atoms with Gasteiger partial charge in [0, 0.05) is 0 Å². The van der Waals surface area contributed by atoms with E-state index in [1.54, 1.807) is 0 Å². The molecule has 0 atom stereocenters. The molecule has 0 saturated carbocycles. The van der Waals surface area contributed by atoms with Gasteiger partial charge in [0.25, 0.3) is 0 Å². The molecule has 0 unspecified atom stereocenters. The first-order chi connectivity index (χ1) is 8.76. The van der Waals surface area contributed by atoms with Crippen molar-refractivity contribution in [2.75, 3.05) is 26.2 Å². The summed E-state index contributed by atoms with van der Waals surface area (Å²) in [6.45, 7) is 13.5. The predicted octanol–water partition coefficient (Wildman–Crippen LogP) is 1.98. The molecule has 0 N–H and O–H groups in total. The zero-order valence-electron chi connectivity index (χ0n) is 12.2. The highest BCUT2D eigenvalue weighted by molar-refractivity contribution is 6.54. The molecule has 0 fully saturated rings. The molecule has 0 aliphatic rings. The smallest absolute Gasteiger partial charge is 0.123 e. The van der Waals surface area contributed by atoms with Gasteiger partial charge in [-0.2, -0.15) is 0 Å². The second-order valence-corrected chi connectivity index (χ2v) is 5.71. The van der Waals surface area contributed by atoms with Gasteiger partial charge in [-0.15, -0.1) is 0 Å². The second kappa shape index (κ2) is 8.46. The second-order valence-electron chi connectivity index (χ2n) is 4.33. The van der Waals surface area contributed by atoms with Gasteiger partial charge in [-0.25, -0.2) is 0 Å². The van der Waals surface area contributed by atoms with Crippen LogP contribution in [0.2, 0.25) is 0 Å². The van der Waals surface area contributed by atoms with Crippen molar-refractivity contribution in [1.82, 2.24) is 9.80 Å². The maximum atomic E-state index is 2.57. The van der Waals surface area contributed by atoms with E-state index < -0.39 is 0 Å². The van der Waals surface area contributed by atoms with Gasteiger partial charge >= 0.3 is 0 Å². The molecule has 1 rings (SSSR count). The van der Waals surface area contributed by atoms with Gasteiger partial charge in [0.2, 0.25) is 0 Å². The summed E-state index contributed by atoms with van der Waals surface area (Å²) in [4.78, 5) is 5.14. The van der Waals surface area contributed by atoms with Gasteiger partial charge in [-0.3, -0.25) is 9.80 Å². The summed E-state index contributed by atoms with van der Waals surface area (Å²) in [5, 5.41) is 1.46. The molecule has 0 aliphatic carbocycles. The molecule has 2 radical (unpaired) electrons. The molecule has 100 valence electrons. The van der Waals surface area contributed by atoms with Gasteiger partial charge < -0.3 is 0 Å². The largest absolute Gasteiger partial charge is 0.291 e. The minimum atomic E-state index is 0.553. The molecule has 0 spiro atoms. The van der Waals surface area contributed by atoms with E-state index in [-0.39, 0.29) is 0 Å². The number of nitrogens with zero attached hydrogens (tertiary/aromatic N) is 2. The summed E-state index contributed by atoms with van der Waals surface area (Å²) in [5.74, 6) is 0.553. The highest BCUT2D eigenvalue weighted by atomic mass is 28.2. The van der Waals surface area contributed by atoms with Crippen LogP contribution in [0.5, 0.6) is 0 Å². The maximum Gasteiger partial charge on any atom is 0.123 e. The molecule has 18 heavy (non-hydrogen) atoms. The quantitative estimate of drug-likeness (QED) is 0.522. The first-order valence-corrected chi connectivity index (χ1v) is 8.14. The number of rotatable bonds is 8. The Morgan fingerprint density at radius 1 is 0.833 bits per heavy atom. The van der Waals surface area contributed by atoms with Crippen LogP contribution < -0.4 is 5.19 Å². The normalized spacial score (nSPS) is 11.7. The lowest BCUT2D eigenvalue weighted by atomic mass is 10.4. The van der Waals surface area contributed by atoms with Crippen molar-refractivity contribution in [3.8, 4) is 0 Å². The van der Waals surface area contributed by atoms with Crippen LogP contribution in [0.3, 0.4) is 0 Å². The minimum absolute atomic E-state index is 0.553. The molecule has 0 aliphatic heterocycles. The van der Waals surface area contributed by atoms with Crippen LogP contribution in [-0.4, -0.2) is 51.3 Å². The average Bonchev–Trinajstić information content (AvgIpc) is 2.42. The van der Waals surface area contributed by atoms with E-state index >= 15 is 0 Å². The molecule has 2 nitrogen and oxygen atoms in total. The number of hydrogen-bond donors (Lipinski definition) is 0. The fraction of sp³-hybridized carbons (Fsp3) is 0.600. The summed E-state index contributed by atoms with van der Waals surface area (Å²) in [6, 6.07) is 10.9. The Balaban J connectivity index is 2.83. The molecule has 0 heterocycles. The topological polar surface area (TPSA) is 6.48 Å². The summed E-state index contributed by atoms with van der Waals surface area (Å²) in [6.07, 6.45) is 0. The lowest BCUT2D eigenvalue weighted by molar-refractivity contribution is 0.116. The Morgan fingerprint density at radius 2 is 1.28 bits per heavy atom. The summed E-state index contributed by atoms with van der Waals surface area (Å²) < 4.78 is 0. The van der Waals surface area contributed by atoms with E-state index in [2.05, 4.69) is 67.8 Å². The maximum absolute atomic E-state index is 2.57. The molecular formula is C15H26N2Si. The van der Waals surface area contributed by atoms with Crippen molar-refractivity contribution in [2.45, 2.75) is 33.5 Å². The molecule has 3 heteroatoms. The fourth-order valence-corrected chi connectivity index (χ4v) is 4.01. The Bertz CT molecular complexity index is 296.